The van der Waals surface area contributed by atoms with Crippen LogP contribution < -0.4 is 10.5 Å². The van der Waals surface area contributed by atoms with E-state index in [9.17, 15) is 9.90 Å². The number of rotatable bonds is 5. The standard InChI is InChI=1S/C26H23N5O2/c1-30(22(17-11-5-3-6-12-17)18-13-7-4-8-14-18)26-29-21(23(32)25(33)31(26)2)24-27-19-15-9-10-16-20(19)28-24/h3-16,22,32H,1-2H3,(H,27,28). The Balaban J connectivity index is 1.68. The number of benzene rings is 3. The van der Waals surface area contributed by atoms with Crippen molar-refractivity contribution in [3.63, 3.8) is 0 Å². The summed E-state index contributed by atoms with van der Waals surface area (Å²) < 4.78 is 1.36. The average Bonchev–Trinajstić information content (AvgIpc) is 3.28. The lowest BCUT2D eigenvalue weighted by atomic mass is 9.98. The molecule has 0 atom stereocenters. The molecule has 2 aromatic heterocycles. The van der Waals surface area contributed by atoms with Gasteiger partial charge in [-0.25, -0.2) is 9.97 Å². The Kier molecular flexibility index (Phi) is 5.14. The van der Waals surface area contributed by atoms with Crippen molar-refractivity contribution >= 4 is 17.0 Å². The van der Waals surface area contributed by atoms with E-state index in [1.54, 1.807) is 7.05 Å². The molecule has 0 saturated carbocycles. The highest BCUT2D eigenvalue weighted by molar-refractivity contribution is 5.79. The maximum absolute atomic E-state index is 13.0. The summed E-state index contributed by atoms with van der Waals surface area (Å²) in [4.78, 5) is 27.3. The van der Waals surface area contributed by atoms with E-state index in [4.69, 9.17) is 4.98 Å². The van der Waals surface area contributed by atoms with Gasteiger partial charge in [-0.1, -0.05) is 72.8 Å². The second-order valence-corrected chi connectivity index (χ2v) is 7.91. The van der Waals surface area contributed by atoms with Crippen LogP contribution in [0.2, 0.25) is 0 Å². The summed E-state index contributed by atoms with van der Waals surface area (Å²) in [7, 11) is 3.50. The largest absolute Gasteiger partial charge is 0.501 e. The minimum atomic E-state index is -0.540. The fourth-order valence-corrected chi connectivity index (χ4v) is 4.15. The first-order chi connectivity index (χ1) is 16.0. The van der Waals surface area contributed by atoms with Gasteiger partial charge in [0.25, 0.3) is 5.56 Å². The molecule has 0 saturated heterocycles. The fourth-order valence-electron chi connectivity index (χ4n) is 4.15. The third-order valence-corrected chi connectivity index (χ3v) is 5.79. The molecule has 7 nitrogen and oxygen atoms in total. The molecule has 0 aliphatic rings. The van der Waals surface area contributed by atoms with E-state index in [2.05, 4.69) is 9.97 Å². The van der Waals surface area contributed by atoms with Gasteiger partial charge in [-0.2, -0.15) is 0 Å². The fraction of sp³-hybridized carbons (Fsp3) is 0.115. The van der Waals surface area contributed by atoms with E-state index in [1.165, 1.54) is 4.57 Å². The highest BCUT2D eigenvalue weighted by Crippen LogP contribution is 2.32. The number of fused-ring (bicyclic) bond motifs is 1. The van der Waals surface area contributed by atoms with Gasteiger partial charge in [-0.05, 0) is 23.3 Å². The van der Waals surface area contributed by atoms with Crippen molar-refractivity contribution in [3.05, 3.63) is 106 Å². The lowest BCUT2D eigenvalue weighted by molar-refractivity contribution is 0.458. The number of nitrogens with one attached hydrogen (secondary N) is 1. The third-order valence-electron chi connectivity index (χ3n) is 5.79. The number of aromatic hydroxyl groups is 1. The minimum absolute atomic E-state index is 0.121. The van der Waals surface area contributed by atoms with E-state index in [0.29, 0.717) is 11.8 Å². The molecular formula is C26H23N5O2. The first-order valence-electron chi connectivity index (χ1n) is 10.6. The molecule has 164 valence electrons. The number of H-pyrrole nitrogens is 1. The van der Waals surface area contributed by atoms with E-state index >= 15 is 0 Å². The number of aromatic nitrogens is 4. The number of hydrogen-bond acceptors (Lipinski definition) is 5. The molecule has 5 aromatic rings. The first-order valence-corrected chi connectivity index (χ1v) is 10.6. The van der Waals surface area contributed by atoms with Crippen molar-refractivity contribution in [2.45, 2.75) is 6.04 Å². The SMILES string of the molecule is CN(c1nc(-c2nc3ccccc3[nH]2)c(O)c(=O)n1C)C(c1ccccc1)c1ccccc1. The van der Waals surface area contributed by atoms with Crippen molar-refractivity contribution in [2.75, 3.05) is 11.9 Å². The van der Waals surface area contributed by atoms with Crippen molar-refractivity contribution in [1.29, 1.82) is 0 Å². The number of imidazole rings is 1. The number of nitrogens with zero attached hydrogens (tertiary/aromatic N) is 4. The quantitative estimate of drug-likeness (QED) is 0.429. The van der Waals surface area contributed by atoms with Crippen LogP contribution in [0.4, 0.5) is 5.95 Å². The molecule has 0 radical (unpaired) electrons. The minimum Gasteiger partial charge on any atom is -0.501 e. The summed E-state index contributed by atoms with van der Waals surface area (Å²) in [6.07, 6.45) is 0. The Morgan fingerprint density at radius 1 is 0.879 bits per heavy atom. The number of para-hydroxylation sites is 2. The normalized spacial score (nSPS) is 11.2. The number of aromatic amines is 1. The van der Waals surface area contributed by atoms with Crippen LogP contribution >= 0.6 is 0 Å². The molecule has 0 amide bonds. The predicted molar refractivity (Wildman–Crippen MR) is 129 cm³/mol. The van der Waals surface area contributed by atoms with Crippen LogP contribution in [0.1, 0.15) is 17.2 Å². The Labute approximate surface area is 190 Å². The van der Waals surface area contributed by atoms with Gasteiger partial charge < -0.3 is 15.0 Å². The van der Waals surface area contributed by atoms with Crippen LogP contribution in [0.3, 0.4) is 0 Å². The first kappa shape index (κ1) is 20.5. The zero-order valence-corrected chi connectivity index (χ0v) is 18.3. The molecule has 0 aliphatic heterocycles. The Morgan fingerprint density at radius 3 is 2.06 bits per heavy atom. The van der Waals surface area contributed by atoms with Crippen LogP contribution in [0, 0.1) is 0 Å². The summed E-state index contributed by atoms with van der Waals surface area (Å²) in [6, 6.07) is 27.4. The maximum Gasteiger partial charge on any atom is 0.297 e. The molecule has 0 fully saturated rings. The van der Waals surface area contributed by atoms with E-state index in [-0.39, 0.29) is 11.7 Å². The zero-order chi connectivity index (χ0) is 22.9. The average molecular weight is 438 g/mol. The van der Waals surface area contributed by atoms with Gasteiger partial charge in [-0.3, -0.25) is 9.36 Å². The van der Waals surface area contributed by atoms with E-state index < -0.39 is 11.3 Å². The van der Waals surface area contributed by atoms with Crippen LogP contribution in [0.15, 0.2) is 89.7 Å². The smallest absolute Gasteiger partial charge is 0.297 e. The summed E-state index contributed by atoms with van der Waals surface area (Å²) in [5, 5.41) is 10.7. The molecule has 2 N–H and O–H groups in total. The van der Waals surface area contributed by atoms with Gasteiger partial charge in [0.2, 0.25) is 11.7 Å². The third kappa shape index (κ3) is 3.63. The van der Waals surface area contributed by atoms with Gasteiger partial charge in [-0.15, -0.1) is 0 Å². The molecule has 3 aromatic carbocycles. The maximum atomic E-state index is 13.0. The van der Waals surface area contributed by atoms with Crippen molar-refractivity contribution in [3.8, 4) is 17.3 Å². The molecule has 0 bridgehead atoms. The summed E-state index contributed by atoms with van der Waals surface area (Å²) >= 11 is 0. The summed E-state index contributed by atoms with van der Waals surface area (Å²) in [5.41, 5.74) is 3.22. The molecule has 5 rings (SSSR count). The van der Waals surface area contributed by atoms with Gasteiger partial charge in [0.1, 0.15) is 0 Å². The second-order valence-electron chi connectivity index (χ2n) is 7.91. The predicted octanol–water partition coefficient (Wildman–Crippen LogP) is 4.26. The van der Waals surface area contributed by atoms with Gasteiger partial charge in [0.05, 0.1) is 17.1 Å². The molecule has 0 unspecified atom stereocenters. The lowest BCUT2D eigenvalue weighted by Crippen LogP contribution is -2.32. The van der Waals surface area contributed by atoms with Gasteiger partial charge >= 0.3 is 0 Å². The Bertz CT molecular complexity index is 1400. The van der Waals surface area contributed by atoms with Crippen molar-refractivity contribution in [1.82, 2.24) is 19.5 Å². The highest BCUT2D eigenvalue weighted by atomic mass is 16.3. The van der Waals surface area contributed by atoms with E-state index in [1.807, 2.05) is 96.9 Å². The van der Waals surface area contributed by atoms with E-state index in [0.717, 1.165) is 22.2 Å². The monoisotopic (exact) mass is 437 g/mol. The van der Waals surface area contributed by atoms with Crippen molar-refractivity contribution < 1.29 is 5.11 Å². The molecule has 0 spiro atoms. The van der Waals surface area contributed by atoms with Crippen LogP contribution in [0.5, 0.6) is 5.75 Å². The van der Waals surface area contributed by atoms with Crippen LogP contribution in [-0.4, -0.2) is 31.7 Å². The lowest BCUT2D eigenvalue weighted by Gasteiger charge is -2.31. The molecular weight excluding hydrogens is 414 g/mol. The van der Waals surface area contributed by atoms with Crippen LogP contribution in [-0.2, 0) is 7.05 Å². The molecule has 7 heteroatoms. The number of anilines is 1. The van der Waals surface area contributed by atoms with Gasteiger partial charge in [0, 0.05) is 14.1 Å². The Hall–Kier alpha value is -4.39. The second kappa shape index (κ2) is 8.27. The summed E-state index contributed by atoms with van der Waals surface area (Å²) in [6.45, 7) is 0. The molecule has 2 heterocycles. The van der Waals surface area contributed by atoms with Gasteiger partial charge in [0.15, 0.2) is 11.5 Å². The molecule has 33 heavy (non-hydrogen) atoms. The summed E-state index contributed by atoms with van der Waals surface area (Å²) in [5.74, 6) is 0.313. The van der Waals surface area contributed by atoms with Crippen LogP contribution in [0.25, 0.3) is 22.6 Å². The Morgan fingerprint density at radius 2 is 1.45 bits per heavy atom. The van der Waals surface area contributed by atoms with Crippen molar-refractivity contribution in [2.24, 2.45) is 7.05 Å². The molecule has 0 aliphatic carbocycles. The number of hydrogen-bond donors (Lipinski definition) is 2. The highest BCUT2D eigenvalue weighted by Gasteiger charge is 2.26. The topological polar surface area (TPSA) is 87.0 Å². The zero-order valence-electron chi connectivity index (χ0n) is 18.3.